The van der Waals surface area contributed by atoms with Gasteiger partial charge in [-0.15, -0.1) is 0 Å². The minimum atomic E-state index is -1.24. The molecule has 1 aliphatic heterocycles. The molecule has 3 atom stereocenters. The van der Waals surface area contributed by atoms with Crippen LogP contribution in [0.5, 0.6) is 0 Å². The second-order valence-electron chi connectivity index (χ2n) is 4.23. The van der Waals surface area contributed by atoms with Crippen LogP contribution in [0.1, 0.15) is 6.42 Å². The van der Waals surface area contributed by atoms with Crippen LogP contribution in [0.25, 0.3) is 0 Å². The quantitative estimate of drug-likeness (QED) is 0.675. The Balaban J connectivity index is 2.52. The van der Waals surface area contributed by atoms with Gasteiger partial charge in [0, 0.05) is 18.7 Å². The first kappa shape index (κ1) is 14.2. The lowest BCUT2D eigenvalue weighted by atomic mass is 10.1. The van der Waals surface area contributed by atoms with Crippen LogP contribution in [0.4, 0.5) is 0 Å². The predicted molar refractivity (Wildman–Crippen MR) is 69.9 cm³/mol. The number of aromatic amines is 1. The van der Waals surface area contributed by atoms with Gasteiger partial charge in [0.2, 0.25) is 0 Å². The van der Waals surface area contributed by atoms with Crippen LogP contribution in [-0.4, -0.2) is 38.6 Å². The molecule has 0 spiro atoms. The van der Waals surface area contributed by atoms with Gasteiger partial charge >= 0.3 is 5.69 Å². The van der Waals surface area contributed by atoms with E-state index >= 15 is 0 Å². The van der Waals surface area contributed by atoms with E-state index in [9.17, 15) is 14.7 Å². The Kier molecular flexibility index (Phi) is 4.04. The number of ether oxygens (including phenoxy) is 1. The van der Waals surface area contributed by atoms with Gasteiger partial charge < -0.3 is 14.9 Å². The van der Waals surface area contributed by atoms with Crippen molar-refractivity contribution < 1.29 is 14.9 Å². The third kappa shape index (κ3) is 2.57. The Morgan fingerprint density at radius 1 is 1.63 bits per heavy atom. The summed E-state index contributed by atoms with van der Waals surface area (Å²) in [6, 6.07) is 1.19. The van der Waals surface area contributed by atoms with Crippen molar-refractivity contribution in [3.05, 3.63) is 44.2 Å². The van der Waals surface area contributed by atoms with Crippen molar-refractivity contribution in [2.45, 2.75) is 24.4 Å². The summed E-state index contributed by atoms with van der Waals surface area (Å²) >= 11 is 3.10. The summed E-state index contributed by atoms with van der Waals surface area (Å²) in [6.07, 6.45) is 1.22. The lowest BCUT2D eigenvalue weighted by Crippen LogP contribution is -2.42. The van der Waals surface area contributed by atoms with Gasteiger partial charge in [0.25, 0.3) is 5.56 Å². The lowest BCUT2D eigenvalue weighted by molar-refractivity contribution is -0.0892. The van der Waals surface area contributed by atoms with Crippen molar-refractivity contribution in [1.82, 2.24) is 9.55 Å². The molecule has 1 aromatic heterocycles. The lowest BCUT2D eigenvalue weighted by Gasteiger charge is -2.27. The van der Waals surface area contributed by atoms with E-state index in [2.05, 4.69) is 20.9 Å². The van der Waals surface area contributed by atoms with Crippen molar-refractivity contribution in [1.29, 1.82) is 0 Å². The first-order chi connectivity index (χ1) is 9.02. The van der Waals surface area contributed by atoms with Crippen molar-refractivity contribution in [3.8, 4) is 0 Å². The second kappa shape index (κ2) is 5.41. The number of aliphatic hydroxyl groups is 2. The minimum Gasteiger partial charge on any atom is -0.394 e. The maximum absolute atomic E-state index is 11.8. The third-order valence-corrected chi connectivity index (χ3v) is 3.29. The number of hydrogen-bond donors (Lipinski definition) is 3. The van der Waals surface area contributed by atoms with Crippen LogP contribution in [-0.2, 0) is 10.5 Å². The van der Waals surface area contributed by atoms with E-state index in [1.807, 2.05) is 0 Å². The van der Waals surface area contributed by atoms with E-state index < -0.39 is 29.2 Å². The summed E-state index contributed by atoms with van der Waals surface area (Å²) in [7, 11) is 0. The highest BCUT2D eigenvalue weighted by Crippen LogP contribution is 2.35. The summed E-state index contributed by atoms with van der Waals surface area (Å²) in [4.78, 5) is 26.5. The molecule has 104 valence electrons. The Hall–Kier alpha value is -1.22. The fourth-order valence-electron chi connectivity index (χ4n) is 2.14. The molecule has 0 aromatic carbocycles. The molecule has 7 nitrogen and oxygen atoms in total. The highest BCUT2D eigenvalue weighted by molar-refractivity contribution is 9.11. The molecule has 0 radical (unpaired) electrons. The number of aliphatic hydroxyl groups excluding tert-OH is 2. The zero-order valence-corrected chi connectivity index (χ0v) is 11.4. The van der Waals surface area contributed by atoms with Gasteiger partial charge in [-0.2, -0.15) is 0 Å². The van der Waals surface area contributed by atoms with Gasteiger partial charge in [0.05, 0.1) is 12.7 Å². The fraction of sp³-hybridized carbons (Fsp3) is 0.455. The molecule has 1 aliphatic rings. The standard InChI is InChI=1S/C11H13BrN2O5/c12-3-2-11(5-7(16)8(6-15)19-11)14-4-1-9(17)13-10(14)18/h1-4,7-8,15-16H,5-6H2,(H,13,17,18)/t7-,8+,11+/m0/s1. The van der Waals surface area contributed by atoms with Gasteiger partial charge in [0.1, 0.15) is 6.10 Å². The highest BCUT2D eigenvalue weighted by atomic mass is 79.9. The molecule has 2 heterocycles. The van der Waals surface area contributed by atoms with Crippen LogP contribution >= 0.6 is 15.9 Å². The predicted octanol–water partition coefficient (Wildman–Crippen LogP) is -0.760. The number of nitrogens with one attached hydrogen (secondary N) is 1. The Morgan fingerprint density at radius 2 is 2.37 bits per heavy atom. The number of H-pyrrole nitrogens is 1. The molecule has 1 fully saturated rings. The van der Waals surface area contributed by atoms with Crippen LogP contribution < -0.4 is 11.2 Å². The van der Waals surface area contributed by atoms with Gasteiger partial charge in [-0.3, -0.25) is 14.3 Å². The van der Waals surface area contributed by atoms with Gasteiger partial charge in [0.15, 0.2) is 5.72 Å². The molecule has 8 heteroatoms. The van der Waals surface area contributed by atoms with Crippen molar-refractivity contribution in [2.75, 3.05) is 6.61 Å². The average Bonchev–Trinajstić information content (AvgIpc) is 2.66. The van der Waals surface area contributed by atoms with Crippen LogP contribution in [0.3, 0.4) is 0 Å². The summed E-state index contributed by atoms with van der Waals surface area (Å²) in [6.45, 7) is -0.364. The second-order valence-corrected chi connectivity index (χ2v) is 4.76. The van der Waals surface area contributed by atoms with Gasteiger partial charge in [-0.25, -0.2) is 4.79 Å². The maximum atomic E-state index is 11.8. The number of aromatic nitrogens is 2. The number of rotatable bonds is 3. The van der Waals surface area contributed by atoms with Gasteiger partial charge in [-0.1, -0.05) is 15.9 Å². The molecular weight excluding hydrogens is 320 g/mol. The Morgan fingerprint density at radius 3 is 2.89 bits per heavy atom. The SMILES string of the molecule is O=c1ccn([C@@]2(C=CBr)C[C@H](O)[C@@H](CO)O2)c(=O)[nH]1. The van der Waals surface area contributed by atoms with Crippen LogP contribution in [0.15, 0.2) is 32.9 Å². The van der Waals surface area contributed by atoms with Crippen LogP contribution in [0.2, 0.25) is 0 Å². The van der Waals surface area contributed by atoms with E-state index in [4.69, 9.17) is 9.84 Å². The summed E-state index contributed by atoms with van der Waals surface area (Å²) in [5.74, 6) is 0. The Labute approximate surface area is 116 Å². The third-order valence-electron chi connectivity index (χ3n) is 3.02. The highest BCUT2D eigenvalue weighted by Gasteiger charge is 2.46. The normalized spacial score (nSPS) is 31.1. The topological polar surface area (TPSA) is 105 Å². The van der Waals surface area contributed by atoms with E-state index in [-0.39, 0.29) is 13.0 Å². The number of halogens is 1. The first-order valence-electron chi connectivity index (χ1n) is 5.59. The molecule has 19 heavy (non-hydrogen) atoms. The zero-order chi connectivity index (χ0) is 14.0. The van der Waals surface area contributed by atoms with Crippen molar-refractivity contribution in [2.24, 2.45) is 0 Å². The van der Waals surface area contributed by atoms with Gasteiger partial charge in [-0.05, 0) is 11.1 Å². The molecule has 0 saturated carbocycles. The molecule has 0 unspecified atom stereocenters. The fourth-order valence-corrected chi connectivity index (χ4v) is 2.55. The molecule has 0 bridgehead atoms. The van der Waals surface area contributed by atoms with Crippen molar-refractivity contribution >= 4 is 15.9 Å². The summed E-state index contributed by atoms with van der Waals surface area (Å²) in [5.41, 5.74) is -2.40. The minimum absolute atomic E-state index is 0.0896. The maximum Gasteiger partial charge on any atom is 0.330 e. The molecule has 0 aliphatic carbocycles. The molecule has 1 saturated heterocycles. The first-order valence-corrected chi connectivity index (χ1v) is 6.51. The van der Waals surface area contributed by atoms with E-state index in [1.54, 1.807) is 0 Å². The van der Waals surface area contributed by atoms with E-state index in [0.717, 1.165) is 0 Å². The Bertz CT molecular complexity index is 595. The number of hydrogen-bond acceptors (Lipinski definition) is 5. The molecule has 0 amide bonds. The largest absolute Gasteiger partial charge is 0.394 e. The zero-order valence-electron chi connectivity index (χ0n) is 9.82. The van der Waals surface area contributed by atoms with E-state index in [1.165, 1.54) is 27.9 Å². The summed E-state index contributed by atoms with van der Waals surface area (Å²) < 4.78 is 6.75. The molecule has 2 rings (SSSR count). The average molecular weight is 333 g/mol. The van der Waals surface area contributed by atoms with Crippen molar-refractivity contribution in [3.63, 3.8) is 0 Å². The smallest absolute Gasteiger partial charge is 0.330 e. The van der Waals surface area contributed by atoms with Crippen LogP contribution in [0, 0.1) is 0 Å². The summed E-state index contributed by atoms with van der Waals surface area (Å²) in [5, 5.41) is 19.0. The van der Waals surface area contributed by atoms with E-state index in [0.29, 0.717) is 0 Å². The number of nitrogens with zero attached hydrogens (tertiary/aromatic N) is 1. The molecular formula is C11H13BrN2O5. The monoisotopic (exact) mass is 332 g/mol. The molecule has 1 aromatic rings. The molecule has 3 N–H and O–H groups in total.